The smallest absolute Gasteiger partial charge is 0.308 e. The highest BCUT2D eigenvalue weighted by Gasteiger charge is 2.14. The molecule has 0 fully saturated rings. The number of nitrogens with zero attached hydrogens (tertiary/aromatic N) is 1. The third-order valence-electron chi connectivity index (χ3n) is 2.98. The number of rotatable bonds is 3. The molecule has 0 unspecified atom stereocenters. The number of esters is 1. The maximum atomic E-state index is 12.1. The fraction of sp³-hybridized carbons (Fsp3) is 0.0625. The molecule has 0 saturated carbocycles. The van der Waals surface area contributed by atoms with Crippen LogP contribution in [0.15, 0.2) is 53.3 Å². The van der Waals surface area contributed by atoms with Crippen LogP contribution in [0.5, 0.6) is 5.75 Å². The summed E-state index contributed by atoms with van der Waals surface area (Å²) in [5.41, 5.74) is 1.04. The first-order valence-corrected chi connectivity index (χ1v) is 6.56. The fourth-order valence-corrected chi connectivity index (χ4v) is 2.08. The van der Waals surface area contributed by atoms with Gasteiger partial charge in [-0.3, -0.25) is 14.6 Å². The Hall–Kier alpha value is -3.15. The number of benzene rings is 1. The first-order valence-electron chi connectivity index (χ1n) is 6.56. The number of aromatic nitrogens is 1. The molecule has 1 aromatic carbocycles. The SMILES string of the molecule is CC(=O)Oc1ccc(NC(=O)c2ccco2)c2ncccc12. The zero-order valence-corrected chi connectivity index (χ0v) is 11.7. The highest BCUT2D eigenvalue weighted by molar-refractivity contribution is 6.08. The predicted octanol–water partition coefficient (Wildman–Crippen LogP) is 3.01. The average molecular weight is 296 g/mol. The van der Waals surface area contributed by atoms with Gasteiger partial charge in [0.1, 0.15) is 5.75 Å². The quantitative estimate of drug-likeness (QED) is 0.593. The molecule has 6 nitrogen and oxygen atoms in total. The third-order valence-corrected chi connectivity index (χ3v) is 2.98. The van der Waals surface area contributed by atoms with Crippen molar-refractivity contribution in [2.45, 2.75) is 6.92 Å². The summed E-state index contributed by atoms with van der Waals surface area (Å²) < 4.78 is 10.2. The maximum absolute atomic E-state index is 12.1. The highest BCUT2D eigenvalue weighted by Crippen LogP contribution is 2.30. The van der Waals surface area contributed by atoms with E-state index in [1.165, 1.54) is 13.2 Å². The predicted molar refractivity (Wildman–Crippen MR) is 79.7 cm³/mol. The Balaban J connectivity index is 2.00. The number of nitrogens with one attached hydrogen (secondary N) is 1. The number of amides is 1. The lowest BCUT2D eigenvalue weighted by molar-refractivity contribution is -0.131. The number of ether oxygens (including phenoxy) is 1. The number of carbonyl (C=O) groups excluding carboxylic acids is 2. The Morgan fingerprint density at radius 1 is 1.18 bits per heavy atom. The largest absolute Gasteiger partial charge is 0.459 e. The van der Waals surface area contributed by atoms with E-state index in [1.54, 1.807) is 42.6 Å². The second-order valence-corrected chi connectivity index (χ2v) is 4.54. The van der Waals surface area contributed by atoms with E-state index in [2.05, 4.69) is 10.3 Å². The molecule has 2 heterocycles. The van der Waals surface area contributed by atoms with Gasteiger partial charge in [0, 0.05) is 18.5 Å². The molecule has 0 radical (unpaired) electrons. The van der Waals surface area contributed by atoms with Gasteiger partial charge in [0.25, 0.3) is 5.91 Å². The molecule has 0 aliphatic carbocycles. The minimum Gasteiger partial charge on any atom is -0.459 e. The molecular weight excluding hydrogens is 284 g/mol. The summed E-state index contributed by atoms with van der Waals surface area (Å²) in [5.74, 6) is -0.200. The molecule has 3 rings (SSSR count). The van der Waals surface area contributed by atoms with Gasteiger partial charge in [-0.15, -0.1) is 0 Å². The molecule has 0 aliphatic heterocycles. The van der Waals surface area contributed by atoms with Crippen molar-refractivity contribution in [2.75, 3.05) is 5.32 Å². The number of fused-ring (bicyclic) bond motifs is 1. The van der Waals surface area contributed by atoms with Crippen molar-refractivity contribution < 1.29 is 18.7 Å². The van der Waals surface area contributed by atoms with Crippen LogP contribution in [0.3, 0.4) is 0 Å². The molecule has 1 N–H and O–H groups in total. The van der Waals surface area contributed by atoms with E-state index in [0.717, 1.165) is 0 Å². The van der Waals surface area contributed by atoms with Crippen molar-refractivity contribution in [2.24, 2.45) is 0 Å². The number of carbonyl (C=O) groups is 2. The molecule has 0 atom stereocenters. The molecular formula is C16H12N2O4. The standard InChI is InChI=1S/C16H12N2O4/c1-10(19)22-13-7-6-12(15-11(13)4-2-8-17-15)18-16(20)14-5-3-9-21-14/h2-9H,1H3,(H,18,20). The monoisotopic (exact) mass is 296 g/mol. The molecule has 6 heteroatoms. The van der Waals surface area contributed by atoms with Gasteiger partial charge in [-0.25, -0.2) is 0 Å². The van der Waals surface area contributed by atoms with Crippen LogP contribution in [0.4, 0.5) is 5.69 Å². The lowest BCUT2D eigenvalue weighted by Crippen LogP contribution is -2.11. The zero-order chi connectivity index (χ0) is 15.5. The Morgan fingerprint density at radius 2 is 2.05 bits per heavy atom. The average Bonchev–Trinajstić information content (AvgIpc) is 3.04. The van der Waals surface area contributed by atoms with E-state index in [-0.39, 0.29) is 11.7 Å². The summed E-state index contributed by atoms with van der Waals surface area (Å²) >= 11 is 0. The topological polar surface area (TPSA) is 81.4 Å². The maximum Gasteiger partial charge on any atom is 0.308 e. The molecule has 0 aliphatic rings. The van der Waals surface area contributed by atoms with Crippen LogP contribution in [0.2, 0.25) is 0 Å². The Labute approximate surface area is 125 Å². The second kappa shape index (κ2) is 5.69. The van der Waals surface area contributed by atoms with Gasteiger partial charge in [0.15, 0.2) is 5.76 Å². The molecule has 0 bridgehead atoms. The normalized spacial score (nSPS) is 10.4. The molecule has 1 amide bonds. The Kier molecular flexibility index (Phi) is 3.57. The van der Waals surface area contributed by atoms with Gasteiger partial charge < -0.3 is 14.5 Å². The third kappa shape index (κ3) is 2.67. The lowest BCUT2D eigenvalue weighted by atomic mass is 10.1. The molecule has 0 spiro atoms. The highest BCUT2D eigenvalue weighted by atomic mass is 16.5. The van der Waals surface area contributed by atoms with Crippen LogP contribution < -0.4 is 10.1 Å². The molecule has 3 aromatic rings. The number of anilines is 1. The van der Waals surface area contributed by atoms with Gasteiger partial charge in [0.2, 0.25) is 0 Å². The summed E-state index contributed by atoms with van der Waals surface area (Å²) in [6, 6.07) is 9.95. The Bertz CT molecular complexity index is 840. The first kappa shape index (κ1) is 13.8. The van der Waals surface area contributed by atoms with Crippen LogP contribution >= 0.6 is 0 Å². The van der Waals surface area contributed by atoms with Crippen molar-refractivity contribution in [1.29, 1.82) is 0 Å². The van der Waals surface area contributed by atoms with Crippen LogP contribution in [0.25, 0.3) is 10.9 Å². The van der Waals surface area contributed by atoms with Crippen molar-refractivity contribution in [3.63, 3.8) is 0 Å². The van der Waals surface area contributed by atoms with E-state index in [4.69, 9.17) is 9.15 Å². The number of hydrogen-bond acceptors (Lipinski definition) is 5. The minimum atomic E-state index is -0.419. The number of hydrogen-bond donors (Lipinski definition) is 1. The van der Waals surface area contributed by atoms with Crippen LogP contribution in [0, 0.1) is 0 Å². The summed E-state index contributed by atoms with van der Waals surface area (Å²) in [4.78, 5) is 27.5. The van der Waals surface area contributed by atoms with Crippen LogP contribution in [-0.4, -0.2) is 16.9 Å². The lowest BCUT2D eigenvalue weighted by Gasteiger charge is -2.10. The Morgan fingerprint density at radius 3 is 2.77 bits per heavy atom. The molecule has 0 saturated heterocycles. The number of pyridine rings is 1. The molecule has 110 valence electrons. The summed E-state index contributed by atoms with van der Waals surface area (Å²) in [6.45, 7) is 1.33. The molecule has 2 aromatic heterocycles. The van der Waals surface area contributed by atoms with Crippen molar-refractivity contribution in [3.8, 4) is 5.75 Å². The van der Waals surface area contributed by atoms with E-state index in [9.17, 15) is 9.59 Å². The van der Waals surface area contributed by atoms with E-state index >= 15 is 0 Å². The van der Waals surface area contributed by atoms with E-state index in [1.807, 2.05) is 0 Å². The van der Waals surface area contributed by atoms with Gasteiger partial charge in [-0.2, -0.15) is 0 Å². The summed E-state index contributed by atoms with van der Waals surface area (Å²) in [7, 11) is 0. The molecule has 22 heavy (non-hydrogen) atoms. The summed E-state index contributed by atoms with van der Waals surface area (Å²) in [5, 5.41) is 3.37. The zero-order valence-electron chi connectivity index (χ0n) is 11.7. The summed E-state index contributed by atoms with van der Waals surface area (Å²) in [6.07, 6.45) is 3.03. The van der Waals surface area contributed by atoms with Gasteiger partial charge in [-0.1, -0.05) is 0 Å². The van der Waals surface area contributed by atoms with Crippen molar-refractivity contribution in [3.05, 3.63) is 54.6 Å². The van der Waals surface area contributed by atoms with E-state index < -0.39 is 5.97 Å². The number of furan rings is 1. The van der Waals surface area contributed by atoms with Gasteiger partial charge >= 0.3 is 5.97 Å². The van der Waals surface area contributed by atoms with Crippen molar-refractivity contribution >= 4 is 28.5 Å². The second-order valence-electron chi connectivity index (χ2n) is 4.54. The fourth-order valence-electron chi connectivity index (χ4n) is 2.08. The van der Waals surface area contributed by atoms with Crippen LogP contribution in [0.1, 0.15) is 17.5 Å². The van der Waals surface area contributed by atoms with Gasteiger partial charge in [-0.05, 0) is 36.4 Å². The first-order chi connectivity index (χ1) is 10.6. The van der Waals surface area contributed by atoms with E-state index in [0.29, 0.717) is 22.3 Å². The van der Waals surface area contributed by atoms with Gasteiger partial charge in [0.05, 0.1) is 17.5 Å². The minimum absolute atomic E-state index is 0.202. The van der Waals surface area contributed by atoms with Crippen LogP contribution in [-0.2, 0) is 4.79 Å². The van der Waals surface area contributed by atoms with Crippen molar-refractivity contribution in [1.82, 2.24) is 4.98 Å².